The van der Waals surface area contributed by atoms with E-state index in [1.807, 2.05) is 6.08 Å². The molecule has 0 atom stereocenters. The van der Waals surface area contributed by atoms with Crippen LogP contribution in [0.25, 0.3) is 6.08 Å². The summed E-state index contributed by atoms with van der Waals surface area (Å²) >= 11 is 4.63. The summed E-state index contributed by atoms with van der Waals surface area (Å²) in [6, 6.07) is 9.23. The van der Waals surface area contributed by atoms with E-state index in [9.17, 15) is 0 Å². The molecule has 2 heteroatoms. The Morgan fingerprint density at radius 2 is 1.10 bits per heavy atom. The predicted octanol–water partition coefficient (Wildman–Crippen LogP) is 10.4. The van der Waals surface area contributed by atoms with Crippen LogP contribution in [0.2, 0.25) is 0 Å². The van der Waals surface area contributed by atoms with E-state index < -0.39 is 5.31 Å². The molecule has 0 aromatic heterocycles. The molecule has 0 heterocycles. The van der Waals surface area contributed by atoms with Crippen LogP contribution < -0.4 is 0 Å². The topological polar surface area (TPSA) is 0 Å². The van der Waals surface area contributed by atoms with Crippen molar-refractivity contribution in [1.29, 1.82) is 0 Å². The molecule has 0 N–H and O–H groups in total. The maximum absolute atomic E-state index is 4.63. The van der Waals surface area contributed by atoms with Crippen LogP contribution in [0, 0.1) is 0 Å². The Hall–Kier alpha value is -0.130. The summed E-state index contributed by atoms with van der Waals surface area (Å²) in [5.74, 6) is 0. The number of hydrogen-bond donors (Lipinski definition) is 0. The Morgan fingerprint density at radius 3 is 1.45 bits per heavy atom. The van der Waals surface area contributed by atoms with Gasteiger partial charge in [-0.05, 0) is 0 Å². The van der Waals surface area contributed by atoms with Gasteiger partial charge in [-0.1, -0.05) is 0 Å². The first-order chi connectivity index (χ1) is 14.0. The van der Waals surface area contributed by atoms with Gasteiger partial charge in [-0.3, -0.25) is 0 Å². The van der Waals surface area contributed by atoms with Crippen LogP contribution in [0.1, 0.15) is 109 Å². The zero-order valence-electron chi connectivity index (χ0n) is 19.7. The van der Waals surface area contributed by atoms with Gasteiger partial charge in [-0.25, -0.2) is 0 Å². The molecule has 1 aromatic rings. The van der Waals surface area contributed by atoms with Crippen LogP contribution in [0.5, 0.6) is 0 Å². The van der Waals surface area contributed by atoms with Crippen LogP contribution >= 0.6 is 20.8 Å². The van der Waals surface area contributed by atoms with Gasteiger partial charge in [-0.2, -0.15) is 0 Å². The molecule has 0 aliphatic carbocycles. The first-order valence-corrected chi connectivity index (χ1v) is 17.4. The first-order valence-electron chi connectivity index (χ1n) is 12.4. The van der Waals surface area contributed by atoms with Gasteiger partial charge < -0.3 is 0 Å². The molecular formula is C27H48BrP. The van der Waals surface area contributed by atoms with Crippen LogP contribution in [0.3, 0.4) is 0 Å². The molecule has 0 spiro atoms. The normalized spacial score (nSPS) is 13.2. The minimum absolute atomic E-state index is 1.23. The molecule has 0 amide bonds. The summed E-state index contributed by atoms with van der Waals surface area (Å²) in [6.45, 7) is 10.9. The SMILES string of the molecule is C=Cc1ccc(CP(Br)(CCCCCC)(CCCCCC)CCCCCC)cc1. The summed E-state index contributed by atoms with van der Waals surface area (Å²) < 4.78 is 0. The van der Waals surface area contributed by atoms with Gasteiger partial charge in [0.05, 0.1) is 0 Å². The molecular weight excluding hydrogens is 435 g/mol. The van der Waals surface area contributed by atoms with Crippen molar-refractivity contribution in [2.24, 2.45) is 0 Å². The first kappa shape index (κ1) is 26.9. The van der Waals surface area contributed by atoms with Crippen molar-refractivity contribution in [2.75, 3.05) is 18.5 Å². The molecule has 0 bridgehead atoms. The second-order valence-corrected chi connectivity index (χ2v) is 20.6. The maximum atomic E-state index is 4.63. The molecule has 0 saturated heterocycles. The molecule has 0 fully saturated rings. The van der Waals surface area contributed by atoms with Crippen molar-refractivity contribution in [3.63, 3.8) is 0 Å². The monoisotopic (exact) mass is 482 g/mol. The van der Waals surface area contributed by atoms with Crippen molar-refractivity contribution in [2.45, 2.75) is 104 Å². The number of rotatable bonds is 18. The van der Waals surface area contributed by atoms with Gasteiger partial charge in [0.15, 0.2) is 0 Å². The molecule has 0 saturated carbocycles. The predicted molar refractivity (Wildman–Crippen MR) is 143 cm³/mol. The van der Waals surface area contributed by atoms with E-state index in [-0.39, 0.29) is 0 Å². The number of unbranched alkanes of at least 4 members (excludes halogenated alkanes) is 9. The average molecular weight is 484 g/mol. The van der Waals surface area contributed by atoms with Gasteiger partial charge in [0.1, 0.15) is 0 Å². The van der Waals surface area contributed by atoms with Gasteiger partial charge in [0, 0.05) is 0 Å². The van der Waals surface area contributed by atoms with Crippen LogP contribution in [-0.2, 0) is 6.16 Å². The van der Waals surface area contributed by atoms with E-state index in [1.165, 1.54) is 113 Å². The Bertz CT molecular complexity index is 514. The summed E-state index contributed by atoms with van der Waals surface area (Å²) in [5, 5.41) is -1.92. The quantitative estimate of drug-likeness (QED) is 0.144. The zero-order valence-corrected chi connectivity index (χ0v) is 22.2. The van der Waals surface area contributed by atoms with E-state index in [0.717, 1.165) is 0 Å². The molecule has 1 rings (SSSR count). The van der Waals surface area contributed by atoms with Crippen molar-refractivity contribution in [3.8, 4) is 0 Å². The van der Waals surface area contributed by atoms with Crippen LogP contribution in [0.4, 0.5) is 0 Å². The molecule has 168 valence electrons. The van der Waals surface area contributed by atoms with Gasteiger partial charge in [-0.15, -0.1) is 0 Å². The standard InChI is InChI=1S/C27H48BrP/c1-5-9-12-15-22-29(28,23-16-13-10-6-2,24-17-14-11-7-3)25-27-20-18-26(8-4)19-21-27/h8,18-21H,4-7,9-17,22-25H2,1-3H3. The molecule has 29 heavy (non-hydrogen) atoms. The van der Waals surface area contributed by atoms with Crippen LogP contribution in [-0.4, -0.2) is 18.5 Å². The Morgan fingerprint density at radius 1 is 0.690 bits per heavy atom. The molecule has 0 aliphatic heterocycles. The third-order valence-corrected chi connectivity index (χ3v) is 15.9. The van der Waals surface area contributed by atoms with Crippen molar-refractivity contribution in [1.82, 2.24) is 0 Å². The fourth-order valence-electron chi connectivity index (χ4n) is 4.59. The fourth-order valence-corrected chi connectivity index (χ4v) is 13.0. The van der Waals surface area contributed by atoms with Crippen molar-refractivity contribution >= 4 is 26.9 Å². The molecule has 0 radical (unpaired) electrons. The average Bonchev–Trinajstić information content (AvgIpc) is 2.73. The Kier molecular flexibility index (Phi) is 13.7. The molecule has 0 aliphatic rings. The zero-order chi connectivity index (χ0) is 21.5. The van der Waals surface area contributed by atoms with Gasteiger partial charge >= 0.3 is 191 Å². The second-order valence-electron chi connectivity index (χ2n) is 9.28. The number of hydrogen-bond acceptors (Lipinski definition) is 0. The van der Waals surface area contributed by atoms with E-state index >= 15 is 0 Å². The molecule has 0 nitrogen and oxygen atoms in total. The van der Waals surface area contributed by atoms with E-state index in [4.69, 9.17) is 0 Å². The third kappa shape index (κ3) is 10.6. The van der Waals surface area contributed by atoms with Crippen molar-refractivity contribution in [3.05, 3.63) is 42.0 Å². The van der Waals surface area contributed by atoms with Crippen LogP contribution in [0.15, 0.2) is 30.8 Å². The summed E-state index contributed by atoms with van der Waals surface area (Å²) in [7, 11) is 0. The molecule has 0 unspecified atom stereocenters. The van der Waals surface area contributed by atoms with Gasteiger partial charge in [0.25, 0.3) is 0 Å². The van der Waals surface area contributed by atoms with E-state index in [1.54, 1.807) is 0 Å². The van der Waals surface area contributed by atoms with E-state index in [0.29, 0.717) is 0 Å². The summed E-state index contributed by atoms with van der Waals surface area (Å²) in [5.41, 5.74) is 2.77. The summed E-state index contributed by atoms with van der Waals surface area (Å²) in [4.78, 5) is 0. The van der Waals surface area contributed by atoms with Crippen molar-refractivity contribution < 1.29 is 0 Å². The second kappa shape index (κ2) is 14.8. The van der Waals surface area contributed by atoms with E-state index in [2.05, 4.69) is 67.1 Å². The third-order valence-electron chi connectivity index (χ3n) is 6.50. The summed E-state index contributed by atoms with van der Waals surface area (Å²) in [6.07, 6.45) is 24.1. The Labute approximate surface area is 191 Å². The Balaban J connectivity index is 3.03. The van der Waals surface area contributed by atoms with Gasteiger partial charge in [0.2, 0.25) is 0 Å². The minimum atomic E-state index is -1.92. The fraction of sp³-hybridized carbons (Fsp3) is 0.704. The number of halogens is 1. The number of benzene rings is 1. The molecule has 1 aromatic carbocycles.